The summed E-state index contributed by atoms with van der Waals surface area (Å²) in [6, 6.07) is 5.51. The van der Waals surface area contributed by atoms with E-state index in [0.29, 0.717) is 45.0 Å². The molecule has 3 atom stereocenters. The summed E-state index contributed by atoms with van der Waals surface area (Å²) < 4.78 is 1.83. The van der Waals surface area contributed by atoms with Crippen molar-refractivity contribution in [3.8, 4) is 0 Å². The Kier molecular flexibility index (Phi) is 4.85. The summed E-state index contributed by atoms with van der Waals surface area (Å²) in [5, 5.41) is 6.32. The number of primary amides is 1. The molecule has 0 unspecified atom stereocenters. The molecule has 0 radical (unpaired) electrons. The minimum absolute atomic E-state index is 0.0195. The van der Waals surface area contributed by atoms with Crippen LogP contribution in [0.4, 0.5) is 21.1 Å². The first-order valence-electron chi connectivity index (χ1n) is 10.1. The molecule has 0 spiro atoms. The molecule has 1 saturated heterocycles. The summed E-state index contributed by atoms with van der Waals surface area (Å²) in [4.78, 5) is 48.0. The van der Waals surface area contributed by atoms with Crippen LogP contribution in [0.1, 0.15) is 18.5 Å². The van der Waals surface area contributed by atoms with Gasteiger partial charge in [-0.15, -0.1) is 0 Å². The molecular weight excluding hydrogens is 478 g/mol. The average molecular weight is 498 g/mol. The Balaban J connectivity index is 1.37. The van der Waals surface area contributed by atoms with E-state index in [4.69, 9.17) is 5.73 Å². The Morgan fingerprint density at radius 3 is 2.72 bits per heavy atom. The van der Waals surface area contributed by atoms with Gasteiger partial charge in [0.25, 0.3) is 0 Å². The van der Waals surface area contributed by atoms with Gasteiger partial charge in [-0.3, -0.25) is 14.3 Å². The molecule has 2 aromatic heterocycles. The third kappa shape index (κ3) is 3.48. The summed E-state index contributed by atoms with van der Waals surface area (Å²) in [6.07, 6.45) is 4.44. The molecular formula is C21H20BrN7O3. The number of anilines is 2. The minimum atomic E-state index is -0.646. The molecule has 3 aromatic rings. The number of nitrogens with zero attached hydrogens (tertiary/aromatic N) is 4. The molecule has 1 aliphatic heterocycles. The van der Waals surface area contributed by atoms with Crippen molar-refractivity contribution in [3.05, 3.63) is 47.0 Å². The number of urea groups is 1. The maximum atomic E-state index is 13.2. The van der Waals surface area contributed by atoms with Gasteiger partial charge in [0, 0.05) is 17.6 Å². The van der Waals surface area contributed by atoms with Gasteiger partial charge >= 0.3 is 12.1 Å². The number of hydrogen-bond acceptors (Lipinski definition) is 5. The van der Waals surface area contributed by atoms with E-state index in [-0.39, 0.29) is 11.9 Å². The van der Waals surface area contributed by atoms with Crippen molar-refractivity contribution in [1.29, 1.82) is 0 Å². The van der Waals surface area contributed by atoms with Gasteiger partial charge in [-0.1, -0.05) is 18.2 Å². The molecule has 2 aliphatic rings. The number of nitrogens with one attached hydrogen (secondary N) is 2. The number of fused-ring (bicyclic) bond motifs is 2. The largest absolute Gasteiger partial charge is 0.351 e. The van der Waals surface area contributed by atoms with Gasteiger partial charge in [-0.25, -0.2) is 14.6 Å². The van der Waals surface area contributed by atoms with Gasteiger partial charge in [0.2, 0.25) is 5.91 Å². The highest BCUT2D eigenvalue weighted by atomic mass is 79.9. The molecule has 1 saturated carbocycles. The Morgan fingerprint density at radius 1 is 1.19 bits per heavy atom. The number of carbonyl (C=O) groups is 3. The van der Waals surface area contributed by atoms with Crippen LogP contribution in [0, 0.1) is 12.8 Å². The maximum absolute atomic E-state index is 13.2. The second-order valence-electron chi connectivity index (χ2n) is 8.04. The van der Waals surface area contributed by atoms with E-state index in [0.717, 1.165) is 6.42 Å². The Labute approximate surface area is 191 Å². The fourth-order valence-electron chi connectivity index (χ4n) is 4.32. The minimum Gasteiger partial charge on any atom is -0.351 e. The molecule has 4 amide bonds. The van der Waals surface area contributed by atoms with Crippen LogP contribution in [0.3, 0.4) is 0 Å². The molecule has 5 rings (SSSR count). The van der Waals surface area contributed by atoms with Crippen LogP contribution >= 0.6 is 15.9 Å². The van der Waals surface area contributed by atoms with Crippen molar-refractivity contribution in [1.82, 2.24) is 19.4 Å². The standard InChI is InChI=1S/C21H20BrN7O3/c1-10-18(22)26-17(8-24-10)27-19(30)16-7-11-6-15(11)29(16)21(32)25-13-9-28(20(23)31)14-5-3-2-4-12(13)14/h2-5,8-9,11,15-16H,6-7H2,1H3,(H2,23,31)(H,25,32)(H,26,27,30)/t11-,15-,16-/m0/s1. The lowest BCUT2D eigenvalue weighted by Crippen LogP contribution is -2.47. The van der Waals surface area contributed by atoms with Crippen LogP contribution in [-0.4, -0.2) is 49.5 Å². The number of carbonyl (C=O) groups excluding carboxylic acids is 3. The zero-order chi connectivity index (χ0) is 22.6. The predicted octanol–water partition coefficient (Wildman–Crippen LogP) is 3.06. The number of halogens is 1. The molecule has 0 bridgehead atoms. The van der Waals surface area contributed by atoms with E-state index in [9.17, 15) is 14.4 Å². The highest BCUT2D eigenvalue weighted by molar-refractivity contribution is 9.10. The molecule has 10 nitrogen and oxygen atoms in total. The first-order valence-corrected chi connectivity index (χ1v) is 10.9. The SMILES string of the molecule is Cc1ncc(NC(=O)[C@@H]2C[C@@H]3C[C@@H]3N2C(=O)Nc2cn(C(N)=O)c3ccccc23)nc1Br. The average Bonchev–Trinajstić information content (AvgIpc) is 3.26. The van der Waals surface area contributed by atoms with Crippen molar-refractivity contribution in [2.24, 2.45) is 11.7 Å². The fourth-order valence-corrected chi connectivity index (χ4v) is 4.61. The van der Waals surface area contributed by atoms with E-state index < -0.39 is 18.1 Å². The smallest absolute Gasteiger partial charge is 0.323 e. The van der Waals surface area contributed by atoms with Gasteiger partial charge in [-0.05, 0) is 47.7 Å². The molecule has 164 valence electrons. The van der Waals surface area contributed by atoms with Crippen LogP contribution in [0.25, 0.3) is 10.9 Å². The topological polar surface area (TPSA) is 135 Å². The van der Waals surface area contributed by atoms with E-state index in [1.807, 2.05) is 6.07 Å². The van der Waals surface area contributed by atoms with E-state index in [1.165, 1.54) is 17.0 Å². The highest BCUT2D eigenvalue weighted by Gasteiger charge is 2.56. The number of aromatic nitrogens is 3. The van der Waals surface area contributed by atoms with Crippen LogP contribution in [0.15, 0.2) is 41.3 Å². The number of aryl methyl sites for hydroxylation is 1. The third-order valence-corrected chi connectivity index (χ3v) is 6.73. The van der Waals surface area contributed by atoms with Crippen molar-refractivity contribution < 1.29 is 14.4 Å². The first-order chi connectivity index (χ1) is 15.3. The number of para-hydroxylation sites is 1. The maximum Gasteiger partial charge on any atom is 0.323 e. The number of nitrogens with two attached hydrogens (primary N) is 1. The summed E-state index contributed by atoms with van der Waals surface area (Å²) in [7, 11) is 0. The summed E-state index contributed by atoms with van der Waals surface area (Å²) in [6.45, 7) is 1.80. The number of rotatable bonds is 3. The van der Waals surface area contributed by atoms with E-state index >= 15 is 0 Å². The fraction of sp³-hybridized carbons (Fsp3) is 0.286. The Hall–Kier alpha value is -3.47. The lowest BCUT2D eigenvalue weighted by atomic mass is 10.1. The molecule has 4 N–H and O–H groups in total. The number of hydrogen-bond donors (Lipinski definition) is 3. The van der Waals surface area contributed by atoms with Gasteiger partial charge in [-0.2, -0.15) is 0 Å². The Bertz CT molecular complexity index is 1270. The Morgan fingerprint density at radius 2 is 1.97 bits per heavy atom. The van der Waals surface area contributed by atoms with Crippen molar-refractivity contribution in [2.75, 3.05) is 10.6 Å². The lowest BCUT2D eigenvalue weighted by Gasteiger charge is -2.26. The molecule has 32 heavy (non-hydrogen) atoms. The summed E-state index contributed by atoms with van der Waals surface area (Å²) in [5.74, 6) is 0.314. The highest BCUT2D eigenvalue weighted by Crippen LogP contribution is 2.48. The zero-order valence-electron chi connectivity index (χ0n) is 17.1. The second kappa shape index (κ2) is 7.59. The van der Waals surface area contributed by atoms with E-state index in [2.05, 4.69) is 36.5 Å². The van der Waals surface area contributed by atoms with Crippen LogP contribution in [0.2, 0.25) is 0 Å². The molecule has 11 heteroatoms. The number of piperidine rings is 1. The van der Waals surface area contributed by atoms with Gasteiger partial charge in [0.1, 0.15) is 10.6 Å². The second-order valence-corrected chi connectivity index (χ2v) is 8.79. The summed E-state index contributed by atoms with van der Waals surface area (Å²) in [5.41, 5.74) is 7.23. The van der Waals surface area contributed by atoms with Crippen molar-refractivity contribution >= 4 is 56.3 Å². The third-order valence-electron chi connectivity index (χ3n) is 5.98. The molecule has 1 aliphatic carbocycles. The zero-order valence-corrected chi connectivity index (χ0v) is 18.7. The summed E-state index contributed by atoms with van der Waals surface area (Å²) >= 11 is 3.31. The number of benzene rings is 1. The predicted molar refractivity (Wildman–Crippen MR) is 121 cm³/mol. The van der Waals surface area contributed by atoms with Gasteiger partial charge in [0.05, 0.1) is 23.1 Å². The molecule has 2 fully saturated rings. The van der Waals surface area contributed by atoms with Crippen molar-refractivity contribution in [2.45, 2.75) is 31.8 Å². The van der Waals surface area contributed by atoms with Crippen LogP contribution in [0.5, 0.6) is 0 Å². The van der Waals surface area contributed by atoms with Crippen molar-refractivity contribution in [3.63, 3.8) is 0 Å². The normalized spacial score (nSPS) is 21.3. The first kappa shape index (κ1) is 20.4. The lowest BCUT2D eigenvalue weighted by molar-refractivity contribution is -0.120. The van der Waals surface area contributed by atoms with E-state index in [1.54, 1.807) is 30.0 Å². The van der Waals surface area contributed by atoms with Crippen LogP contribution in [-0.2, 0) is 4.79 Å². The number of amides is 4. The van der Waals surface area contributed by atoms with Gasteiger partial charge < -0.3 is 21.3 Å². The quantitative estimate of drug-likeness (QED) is 0.510. The molecule has 1 aromatic carbocycles. The van der Waals surface area contributed by atoms with Gasteiger partial charge in [0.15, 0.2) is 5.82 Å². The molecule has 3 heterocycles. The monoisotopic (exact) mass is 497 g/mol. The van der Waals surface area contributed by atoms with Crippen LogP contribution < -0.4 is 16.4 Å². The number of likely N-dealkylation sites (tertiary alicyclic amines) is 1.